The molecule has 1 heterocycles. The Morgan fingerprint density at radius 3 is 2.25 bits per heavy atom. The fourth-order valence-electron chi connectivity index (χ4n) is 4.11. The van der Waals surface area contributed by atoms with E-state index in [-0.39, 0.29) is 22.8 Å². The van der Waals surface area contributed by atoms with Crippen LogP contribution in [-0.4, -0.2) is 44.4 Å². The van der Waals surface area contributed by atoms with Crippen molar-refractivity contribution in [1.29, 1.82) is 0 Å². The van der Waals surface area contributed by atoms with Crippen molar-refractivity contribution in [2.75, 3.05) is 19.7 Å². The summed E-state index contributed by atoms with van der Waals surface area (Å²) in [6.07, 6.45) is 5.60. The normalized spacial score (nSPS) is 24.6. The fraction of sp³-hybridized carbons (Fsp3) is 0.667. The third kappa shape index (κ3) is 5.06. The van der Waals surface area contributed by atoms with Crippen LogP contribution >= 0.6 is 0 Å². The highest BCUT2D eigenvalue weighted by Gasteiger charge is 2.33. The van der Waals surface area contributed by atoms with Crippen molar-refractivity contribution in [1.82, 2.24) is 9.62 Å². The van der Waals surface area contributed by atoms with Crippen LogP contribution in [0.4, 0.5) is 0 Å². The number of nitrogens with zero attached hydrogens (tertiary/aromatic N) is 1. The largest absolute Gasteiger partial charge is 0.494 e. The molecule has 0 unspecified atom stereocenters. The molecule has 1 saturated carbocycles. The second-order valence-electron chi connectivity index (χ2n) is 8.05. The highest BCUT2D eigenvalue weighted by Crippen LogP contribution is 2.27. The Hall–Kier alpha value is -1.60. The van der Waals surface area contributed by atoms with Gasteiger partial charge in [-0.2, -0.15) is 4.31 Å². The molecule has 0 aromatic heterocycles. The first-order valence-electron chi connectivity index (χ1n) is 10.4. The number of piperidine rings is 1. The molecule has 2 aliphatic rings. The van der Waals surface area contributed by atoms with Crippen molar-refractivity contribution in [2.24, 2.45) is 11.8 Å². The van der Waals surface area contributed by atoms with Gasteiger partial charge < -0.3 is 10.1 Å². The lowest BCUT2D eigenvalue weighted by Crippen LogP contribution is -2.46. The average Bonchev–Trinajstić information content (AvgIpc) is 2.70. The van der Waals surface area contributed by atoms with Gasteiger partial charge in [-0.15, -0.1) is 0 Å². The lowest BCUT2D eigenvalue weighted by molar-refractivity contribution is -0.127. The molecule has 6 nitrogen and oxygen atoms in total. The lowest BCUT2D eigenvalue weighted by atomic mass is 9.87. The molecular formula is C21H32N2O4S. The quantitative estimate of drug-likeness (QED) is 0.784. The molecule has 1 aliphatic carbocycles. The maximum atomic E-state index is 12.9. The Morgan fingerprint density at radius 2 is 1.68 bits per heavy atom. The third-order valence-corrected chi connectivity index (χ3v) is 7.87. The molecule has 1 aromatic carbocycles. The molecule has 7 heteroatoms. The van der Waals surface area contributed by atoms with E-state index in [0.717, 1.165) is 18.8 Å². The van der Waals surface area contributed by atoms with Crippen molar-refractivity contribution in [3.63, 3.8) is 0 Å². The number of hydrogen-bond acceptors (Lipinski definition) is 4. The predicted octanol–water partition coefficient (Wildman–Crippen LogP) is 3.18. The van der Waals surface area contributed by atoms with Gasteiger partial charge in [-0.05, 0) is 75.6 Å². The lowest BCUT2D eigenvalue weighted by Gasteiger charge is -2.33. The maximum Gasteiger partial charge on any atom is 0.243 e. The summed E-state index contributed by atoms with van der Waals surface area (Å²) in [5.74, 6) is 1.42. The molecule has 2 fully saturated rings. The summed E-state index contributed by atoms with van der Waals surface area (Å²) in [6, 6.07) is 6.82. The van der Waals surface area contributed by atoms with E-state index in [1.165, 1.54) is 17.1 Å². The smallest absolute Gasteiger partial charge is 0.243 e. The van der Waals surface area contributed by atoms with Crippen molar-refractivity contribution in [3.8, 4) is 5.75 Å². The molecule has 156 valence electrons. The SMILES string of the molecule is CCOc1ccc(S(=O)(=O)N2CCC(C(=O)NC3CCC(C)CC3)CC2)cc1. The Bertz CT molecular complexity index is 747. The van der Waals surface area contributed by atoms with E-state index in [4.69, 9.17) is 4.74 Å². The van der Waals surface area contributed by atoms with Crippen molar-refractivity contribution in [2.45, 2.75) is 63.3 Å². The van der Waals surface area contributed by atoms with Crippen molar-refractivity contribution >= 4 is 15.9 Å². The Labute approximate surface area is 168 Å². The van der Waals surface area contributed by atoms with Crippen molar-refractivity contribution < 1.29 is 17.9 Å². The van der Waals surface area contributed by atoms with Gasteiger partial charge in [0.15, 0.2) is 0 Å². The zero-order valence-corrected chi connectivity index (χ0v) is 17.7. The molecular weight excluding hydrogens is 376 g/mol. The number of sulfonamides is 1. The van der Waals surface area contributed by atoms with Gasteiger partial charge in [0.2, 0.25) is 15.9 Å². The molecule has 1 N–H and O–H groups in total. The van der Waals surface area contributed by atoms with Crippen LogP contribution in [-0.2, 0) is 14.8 Å². The van der Waals surface area contributed by atoms with Gasteiger partial charge in [0.05, 0.1) is 11.5 Å². The van der Waals surface area contributed by atoms with E-state index in [1.54, 1.807) is 24.3 Å². The molecule has 3 rings (SSSR count). The average molecular weight is 409 g/mol. The zero-order chi connectivity index (χ0) is 20.1. The van der Waals surface area contributed by atoms with Gasteiger partial charge in [-0.3, -0.25) is 4.79 Å². The monoisotopic (exact) mass is 408 g/mol. The Balaban J connectivity index is 1.53. The van der Waals surface area contributed by atoms with Crippen LogP contribution in [0.5, 0.6) is 5.75 Å². The number of hydrogen-bond donors (Lipinski definition) is 1. The van der Waals surface area contributed by atoms with E-state index < -0.39 is 10.0 Å². The van der Waals surface area contributed by atoms with Gasteiger partial charge in [0.25, 0.3) is 0 Å². The first-order valence-corrected chi connectivity index (χ1v) is 11.9. The van der Waals surface area contributed by atoms with E-state index >= 15 is 0 Å². The minimum absolute atomic E-state index is 0.0915. The standard InChI is InChI=1S/C21H32N2O4S/c1-3-27-19-8-10-20(11-9-19)28(25,26)23-14-12-17(13-15-23)21(24)22-18-6-4-16(2)5-7-18/h8-11,16-18H,3-7,12-15H2,1-2H3,(H,22,24). The number of ether oxygens (including phenoxy) is 1. The van der Waals surface area contributed by atoms with Crippen LogP contribution in [0.1, 0.15) is 52.4 Å². The number of nitrogens with one attached hydrogen (secondary N) is 1. The first-order chi connectivity index (χ1) is 13.4. The summed E-state index contributed by atoms with van der Waals surface area (Å²) in [4.78, 5) is 12.9. The topological polar surface area (TPSA) is 75.7 Å². The van der Waals surface area contributed by atoms with E-state index in [1.807, 2.05) is 6.92 Å². The van der Waals surface area contributed by atoms with E-state index in [0.29, 0.717) is 38.3 Å². The first kappa shape index (κ1) is 21.1. The number of benzene rings is 1. The van der Waals surface area contributed by atoms with Crippen LogP contribution in [0.3, 0.4) is 0 Å². The summed E-state index contributed by atoms with van der Waals surface area (Å²) in [6.45, 7) is 5.46. The van der Waals surface area contributed by atoms with Crippen LogP contribution in [0.2, 0.25) is 0 Å². The van der Waals surface area contributed by atoms with Gasteiger partial charge in [-0.25, -0.2) is 8.42 Å². The van der Waals surface area contributed by atoms with Crippen LogP contribution < -0.4 is 10.1 Å². The third-order valence-electron chi connectivity index (χ3n) is 5.96. The number of amides is 1. The molecule has 1 aliphatic heterocycles. The molecule has 28 heavy (non-hydrogen) atoms. The zero-order valence-electron chi connectivity index (χ0n) is 16.9. The Morgan fingerprint density at radius 1 is 1.07 bits per heavy atom. The Kier molecular flexibility index (Phi) is 6.99. The minimum atomic E-state index is -3.53. The molecule has 1 aromatic rings. The van der Waals surface area contributed by atoms with Crippen LogP contribution in [0.25, 0.3) is 0 Å². The van der Waals surface area contributed by atoms with Crippen LogP contribution in [0, 0.1) is 11.8 Å². The molecule has 0 atom stereocenters. The molecule has 0 bridgehead atoms. The second kappa shape index (κ2) is 9.27. The minimum Gasteiger partial charge on any atom is -0.494 e. The maximum absolute atomic E-state index is 12.9. The number of carbonyl (C=O) groups excluding carboxylic acids is 1. The van der Waals surface area contributed by atoms with Gasteiger partial charge in [0.1, 0.15) is 5.75 Å². The van der Waals surface area contributed by atoms with Gasteiger partial charge in [0, 0.05) is 25.0 Å². The highest BCUT2D eigenvalue weighted by molar-refractivity contribution is 7.89. The summed E-state index contributed by atoms with van der Waals surface area (Å²) in [5, 5.41) is 3.19. The summed E-state index contributed by atoms with van der Waals surface area (Å²) in [5.41, 5.74) is 0. The molecule has 1 amide bonds. The van der Waals surface area contributed by atoms with Crippen molar-refractivity contribution in [3.05, 3.63) is 24.3 Å². The summed E-state index contributed by atoms with van der Waals surface area (Å²) < 4.78 is 32.6. The molecule has 1 saturated heterocycles. The van der Waals surface area contributed by atoms with Gasteiger partial charge >= 0.3 is 0 Å². The van der Waals surface area contributed by atoms with Crippen LogP contribution in [0.15, 0.2) is 29.2 Å². The molecule has 0 radical (unpaired) electrons. The second-order valence-corrected chi connectivity index (χ2v) is 9.99. The van der Waals surface area contributed by atoms with E-state index in [2.05, 4.69) is 12.2 Å². The molecule has 0 spiro atoms. The summed E-state index contributed by atoms with van der Waals surface area (Å²) >= 11 is 0. The number of carbonyl (C=O) groups is 1. The van der Waals surface area contributed by atoms with E-state index in [9.17, 15) is 13.2 Å². The fourth-order valence-corrected chi connectivity index (χ4v) is 5.58. The summed E-state index contributed by atoms with van der Waals surface area (Å²) in [7, 11) is -3.53. The number of rotatable bonds is 6. The highest BCUT2D eigenvalue weighted by atomic mass is 32.2. The van der Waals surface area contributed by atoms with Gasteiger partial charge in [-0.1, -0.05) is 6.92 Å². The predicted molar refractivity (Wildman–Crippen MR) is 109 cm³/mol.